The molecule has 0 saturated carbocycles. The normalized spacial score (nSPS) is 13.8. The van der Waals surface area contributed by atoms with Gasteiger partial charge >= 0.3 is 6.03 Å². The second kappa shape index (κ2) is 10.2. The smallest absolute Gasteiger partial charge is 0.323 e. The third-order valence-electron chi connectivity index (χ3n) is 5.88. The number of likely N-dealkylation sites (tertiary alicyclic amines) is 1. The van der Waals surface area contributed by atoms with Gasteiger partial charge in [-0.25, -0.2) is 4.79 Å². The number of amides is 2. The molecule has 1 saturated heterocycles. The number of anilines is 2. The molecule has 0 atom stereocenters. The molecule has 1 aliphatic rings. The van der Waals surface area contributed by atoms with Crippen molar-refractivity contribution in [2.75, 3.05) is 30.3 Å². The lowest BCUT2D eigenvalue weighted by molar-refractivity contribution is 0.262. The highest BCUT2D eigenvalue weighted by Gasteiger charge is 2.14. The van der Waals surface area contributed by atoms with Crippen molar-refractivity contribution in [3.63, 3.8) is 0 Å². The lowest BCUT2D eigenvalue weighted by Gasteiger charge is -2.14. The van der Waals surface area contributed by atoms with Gasteiger partial charge in [0.2, 0.25) is 0 Å². The van der Waals surface area contributed by atoms with Gasteiger partial charge in [0.05, 0.1) is 12.1 Å². The van der Waals surface area contributed by atoms with Crippen LogP contribution in [0.15, 0.2) is 72.8 Å². The quantitative estimate of drug-likeness (QED) is 0.333. The third-order valence-corrected chi connectivity index (χ3v) is 6.16. The van der Waals surface area contributed by atoms with Crippen molar-refractivity contribution < 1.29 is 9.53 Å². The van der Waals surface area contributed by atoms with Gasteiger partial charge in [0.15, 0.2) is 5.15 Å². The molecule has 1 aromatic heterocycles. The molecule has 0 radical (unpaired) electrons. The second-order valence-electron chi connectivity index (χ2n) is 8.31. The Morgan fingerprint density at radius 2 is 1.56 bits per heavy atom. The first-order chi connectivity index (χ1) is 16.6. The standard InChI is InChI=1S/C26H26ClN5O2/c27-25-23-18-20(10-13-24(23)32(30-25)17-16-31-14-4-5-15-31)29-26(33)28-19-8-11-22(12-9-19)34-21-6-2-1-3-7-21/h1-3,6-13,18H,4-5,14-17H2,(H2,28,29,33). The molecule has 4 aromatic rings. The monoisotopic (exact) mass is 475 g/mol. The Morgan fingerprint density at radius 1 is 0.882 bits per heavy atom. The summed E-state index contributed by atoms with van der Waals surface area (Å²) in [4.78, 5) is 15.0. The number of carbonyl (C=O) groups is 1. The molecule has 0 spiro atoms. The van der Waals surface area contributed by atoms with Gasteiger partial charge in [0.1, 0.15) is 11.5 Å². The minimum Gasteiger partial charge on any atom is -0.457 e. The van der Waals surface area contributed by atoms with Crippen molar-refractivity contribution >= 4 is 39.9 Å². The highest BCUT2D eigenvalue weighted by Crippen LogP contribution is 2.27. The molecule has 34 heavy (non-hydrogen) atoms. The minimum atomic E-state index is -0.339. The van der Waals surface area contributed by atoms with Crippen LogP contribution in [-0.4, -0.2) is 40.3 Å². The number of para-hydroxylation sites is 1. The van der Waals surface area contributed by atoms with Gasteiger partial charge in [0, 0.05) is 23.3 Å². The van der Waals surface area contributed by atoms with Gasteiger partial charge in [-0.3, -0.25) is 4.68 Å². The minimum absolute atomic E-state index is 0.339. The van der Waals surface area contributed by atoms with E-state index in [1.165, 1.54) is 12.8 Å². The molecule has 2 N–H and O–H groups in total. The number of hydrogen-bond acceptors (Lipinski definition) is 4. The highest BCUT2D eigenvalue weighted by atomic mass is 35.5. The van der Waals surface area contributed by atoms with E-state index in [1.807, 2.05) is 65.3 Å². The van der Waals surface area contributed by atoms with E-state index in [1.54, 1.807) is 12.1 Å². The van der Waals surface area contributed by atoms with Gasteiger partial charge in [-0.15, -0.1) is 0 Å². The lowest BCUT2D eigenvalue weighted by Crippen LogP contribution is -2.24. The average molecular weight is 476 g/mol. The number of benzene rings is 3. The predicted octanol–water partition coefficient (Wildman–Crippen LogP) is 6.22. The Kier molecular flexibility index (Phi) is 6.65. The van der Waals surface area contributed by atoms with Crippen molar-refractivity contribution in [2.45, 2.75) is 19.4 Å². The fourth-order valence-corrected chi connectivity index (χ4v) is 4.40. The summed E-state index contributed by atoms with van der Waals surface area (Å²) in [5.41, 5.74) is 2.27. The second-order valence-corrected chi connectivity index (χ2v) is 8.67. The van der Waals surface area contributed by atoms with Crippen molar-refractivity contribution in [3.8, 4) is 11.5 Å². The van der Waals surface area contributed by atoms with E-state index in [9.17, 15) is 4.79 Å². The maximum atomic E-state index is 12.5. The van der Waals surface area contributed by atoms with E-state index in [0.29, 0.717) is 22.3 Å². The van der Waals surface area contributed by atoms with Crippen LogP contribution in [0, 0.1) is 0 Å². The summed E-state index contributed by atoms with van der Waals surface area (Å²) in [6, 6.07) is 22.1. The van der Waals surface area contributed by atoms with Crippen molar-refractivity contribution in [2.24, 2.45) is 0 Å². The molecular weight excluding hydrogens is 450 g/mol. The first-order valence-electron chi connectivity index (χ1n) is 11.4. The van der Waals surface area contributed by atoms with E-state index in [4.69, 9.17) is 16.3 Å². The number of halogens is 1. The molecule has 8 heteroatoms. The fraction of sp³-hybridized carbons (Fsp3) is 0.231. The Labute approximate surface area is 203 Å². The van der Waals surface area contributed by atoms with E-state index in [2.05, 4.69) is 20.6 Å². The van der Waals surface area contributed by atoms with E-state index in [0.717, 1.165) is 42.8 Å². The SMILES string of the molecule is O=C(Nc1ccc(Oc2ccccc2)cc1)Nc1ccc2c(c1)c(Cl)nn2CCN1CCCC1. The zero-order chi connectivity index (χ0) is 23.3. The van der Waals surface area contributed by atoms with Crippen LogP contribution in [0.4, 0.5) is 16.2 Å². The predicted molar refractivity (Wildman–Crippen MR) is 136 cm³/mol. The van der Waals surface area contributed by atoms with Crippen LogP contribution in [0.3, 0.4) is 0 Å². The Morgan fingerprint density at radius 3 is 2.32 bits per heavy atom. The molecule has 5 rings (SSSR count). The van der Waals surface area contributed by atoms with Crippen LogP contribution in [0.1, 0.15) is 12.8 Å². The molecule has 174 valence electrons. The van der Waals surface area contributed by atoms with E-state index >= 15 is 0 Å². The van der Waals surface area contributed by atoms with Crippen LogP contribution < -0.4 is 15.4 Å². The van der Waals surface area contributed by atoms with Crippen LogP contribution >= 0.6 is 11.6 Å². The maximum absolute atomic E-state index is 12.5. The zero-order valence-electron chi connectivity index (χ0n) is 18.7. The van der Waals surface area contributed by atoms with Gasteiger partial charge in [-0.2, -0.15) is 5.10 Å². The summed E-state index contributed by atoms with van der Waals surface area (Å²) in [7, 11) is 0. The van der Waals surface area contributed by atoms with Gasteiger partial charge in [0.25, 0.3) is 0 Å². The summed E-state index contributed by atoms with van der Waals surface area (Å²) in [5.74, 6) is 1.45. The molecule has 7 nitrogen and oxygen atoms in total. The number of hydrogen-bond donors (Lipinski definition) is 2. The molecule has 0 unspecified atom stereocenters. The number of carbonyl (C=O) groups excluding carboxylic acids is 1. The summed E-state index contributed by atoms with van der Waals surface area (Å²) in [5, 5.41) is 11.5. The largest absolute Gasteiger partial charge is 0.457 e. The topological polar surface area (TPSA) is 71.4 Å². The Bertz CT molecular complexity index is 1270. The summed E-state index contributed by atoms with van der Waals surface area (Å²) < 4.78 is 7.73. The Hall–Kier alpha value is -3.55. The van der Waals surface area contributed by atoms with Crippen LogP contribution in [0.5, 0.6) is 11.5 Å². The molecule has 0 aliphatic carbocycles. The number of rotatable bonds is 7. The van der Waals surface area contributed by atoms with Crippen LogP contribution in [0.25, 0.3) is 10.9 Å². The highest BCUT2D eigenvalue weighted by molar-refractivity contribution is 6.34. The number of aromatic nitrogens is 2. The van der Waals surface area contributed by atoms with E-state index < -0.39 is 0 Å². The number of ether oxygens (including phenoxy) is 1. The summed E-state index contributed by atoms with van der Waals surface area (Å²) >= 11 is 6.40. The number of urea groups is 1. The molecular formula is C26H26ClN5O2. The molecule has 3 aromatic carbocycles. The molecule has 1 aliphatic heterocycles. The number of nitrogens with zero attached hydrogens (tertiary/aromatic N) is 3. The fourth-order valence-electron chi connectivity index (χ4n) is 4.16. The molecule has 2 heterocycles. The first-order valence-corrected chi connectivity index (χ1v) is 11.8. The van der Waals surface area contributed by atoms with Gasteiger partial charge < -0.3 is 20.3 Å². The first kappa shape index (κ1) is 22.3. The molecule has 1 fully saturated rings. The third kappa shape index (κ3) is 5.32. The summed E-state index contributed by atoms with van der Waals surface area (Å²) in [6.45, 7) is 4.06. The van der Waals surface area contributed by atoms with Crippen molar-refractivity contribution in [3.05, 3.63) is 77.9 Å². The zero-order valence-corrected chi connectivity index (χ0v) is 19.5. The van der Waals surface area contributed by atoms with Crippen molar-refractivity contribution in [1.29, 1.82) is 0 Å². The molecule has 0 bridgehead atoms. The number of fused-ring (bicyclic) bond motifs is 1. The summed E-state index contributed by atoms with van der Waals surface area (Å²) in [6.07, 6.45) is 2.53. The van der Waals surface area contributed by atoms with Crippen LogP contribution in [0.2, 0.25) is 5.15 Å². The van der Waals surface area contributed by atoms with Crippen LogP contribution in [-0.2, 0) is 6.54 Å². The molecule has 2 amide bonds. The van der Waals surface area contributed by atoms with Gasteiger partial charge in [-0.05, 0) is 80.5 Å². The van der Waals surface area contributed by atoms with Gasteiger partial charge in [-0.1, -0.05) is 29.8 Å². The Balaban J connectivity index is 1.20. The maximum Gasteiger partial charge on any atom is 0.323 e. The number of nitrogens with one attached hydrogen (secondary N) is 2. The average Bonchev–Trinajstić information content (AvgIpc) is 3.47. The van der Waals surface area contributed by atoms with Crippen molar-refractivity contribution in [1.82, 2.24) is 14.7 Å². The lowest BCUT2D eigenvalue weighted by atomic mass is 10.2. The van der Waals surface area contributed by atoms with E-state index in [-0.39, 0.29) is 6.03 Å².